The Kier molecular flexibility index (Phi) is 2.52. The van der Waals surface area contributed by atoms with E-state index in [2.05, 4.69) is 12.2 Å². The molecule has 2 aliphatic carbocycles. The van der Waals surface area contributed by atoms with Crippen LogP contribution in [-0.4, -0.2) is 22.7 Å². The molecule has 0 unspecified atom stereocenters. The fourth-order valence-corrected chi connectivity index (χ4v) is 2.95. The monoisotopic (exact) mass is 197 g/mol. The zero-order chi connectivity index (χ0) is 10.2. The summed E-state index contributed by atoms with van der Waals surface area (Å²) in [6.45, 7) is 2.12. The first-order chi connectivity index (χ1) is 6.62. The Labute approximate surface area is 84.9 Å². The summed E-state index contributed by atoms with van der Waals surface area (Å²) in [6.07, 6.45) is 6.43. The highest BCUT2D eigenvalue weighted by Crippen LogP contribution is 2.39. The number of aliphatic carboxylic acids is 1. The van der Waals surface area contributed by atoms with E-state index in [0.717, 1.165) is 25.7 Å². The maximum absolute atomic E-state index is 11.2. The van der Waals surface area contributed by atoms with Crippen LogP contribution in [0.3, 0.4) is 0 Å². The van der Waals surface area contributed by atoms with Crippen molar-refractivity contribution in [2.24, 2.45) is 5.92 Å². The molecule has 0 aromatic heterocycles. The predicted molar refractivity (Wildman–Crippen MR) is 54.2 cm³/mol. The van der Waals surface area contributed by atoms with Gasteiger partial charge in [-0.05, 0) is 31.6 Å². The van der Waals surface area contributed by atoms with Gasteiger partial charge >= 0.3 is 5.97 Å². The molecule has 0 radical (unpaired) electrons. The molecule has 2 fully saturated rings. The van der Waals surface area contributed by atoms with Gasteiger partial charge in [0.15, 0.2) is 0 Å². The lowest BCUT2D eigenvalue weighted by Gasteiger charge is -2.45. The molecule has 14 heavy (non-hydrogen) atoms. The zero-order valence-electron chi connectivity index (χ0n) is 8.75. The van der Waals surface area contributed by atoms with Gasteiger partial charge in [-0.3, -0.25) is 10.1 Å². The third-order valence-corrected chi connectivity index (χ3v) is 3.64. The largest absolute Gasteiger partial charge is 0.480 e. The summed E-state index contributed by atoms with van der Waals surface area (Å²) in [4.78, 5) is 11.2. The van der Waals surface area contributed by atoms with Crippen LogP contribution >= 0.6 is 0 Å². The van der Waals surface area contributed by atoms with Crippen LogP contribution in [0.15, 0.2) is 0 Å². The number of carbonyl (C=O) groups is 1. The molecule has 0 aliphatic heterocycles. The molecule has 80 valence electrons. The summed E-state index contributed by atoms with van der Waals surface area (Å²) in [5.41, 5.74) is -0.575. The Morgan fingerprint density at radius 3 is 2.36 bits per heavy atom. The lowest BCUT2D eigenvalue weighted by molar-refractivity contribution is -0.151. The summed E-state index contributed by atoms with van der Waals surface area (Å²) < 4.78 is 0. The van der Waals surface area contributed by atoms with Crippen LogP contribution in [0.1, 0.15) is 45.4 Å². The van der Waals surface area contributed by atoms with E-state index in [0.29, 0.717) is 12.0 Å². The Morgan fingerprint density at radius 1 is 1.36 bits per heavy atom. The van der Waals surface area contributed by atoms with Gasteiger partial charge in [-0.15, -0.1) is 0 Å². The van der Waals surface area contributed by atoms with Crippen molar-refractivity contribution < 1.29 is 9.90 Å². The van der Waals surface area contributed by atoms with E-state index in [1.165, 1.54) is 12.8 Å². The molecule has 0 aromatic rings. The van der Waals surface area contributed by atoms with Crippen molar-refractivity contribution in [1.29, 1.82) is 0 Å². The molecule has 2 N–H and O–H groups in total. The van der Waals surface area contributed by atoms with Gasteiger partial charge in [0.1, 0.15) is 5.54 Å². The fourth-order valence-electron chi connectivity index (χ4n) is 2.95. The first-order valence-electron chi connectivity index (χ1n) is 5.63. The Morgan fingerprint density at radius 2 is 1.93 bits per heavy atom. The van der Waals surface area contributed by atoms with E-state index in [1.54, 1.807) is 0 Å². The fraction of sp³-hybridized carbons (Fsp3) is 0.909. The van der Waals surface area contributed by atoms with Crippen LogP contribution in [0.4, 0.5) is 0 Å². The lowest BCUT2D eigenvalue weighted by atomic mass is 9.68. The molecule has 2 aliphatic rings. The molecule has 0 aromatic carbocycles. The summed E-state index contributed by atoms with van der Waals surface area (Å²) >= 11 is 0. The molecule has 2 rings (SSSR count). The lowest BCUT2D eigenvalue weighted by Crippen LogP contribution is -2.62. The molecule has 0 atom stereocenters. The van der Waals surface area contributed by atoms with Gasteiger partial charge in [0, 0.05) is 6.04 Å². The van der Waals surface area contributed by atoms with Crippen molar-refractivity contribution >= 4 is 5.97 Å². The molecule has 0 spiro atoms. The van der Waals surface area contributed by atoms with E-state index in [-0.39, 0.29) is 0 Å². The summed E-state index contributed by atoms with van der Waals surface area (Å²) in [6, 6.07) is 0.457. The van der Waals surface area contributed by atoms with Gasteiger partial charge in [0.05, 0.1) is 0 Å². The highest BCUT2D eigenvalue weighted by molar-refractivity contribution is 5.80. The molecule has 0 amide bonds. The standard InChI is InChI=1S/C11H19NO2/c1-8-6-11(7-8,10(13)14)12-9-4-2-3-5-9/h8-9,12H,2-7H2,1H3,(H,13,14). The van der Waals surface area contributed by atoms with Gasteiger partial charge < -0.3 is 5.11 Å². The summed E-state index contributed by atoms with van der Waals surface area (Å²) in [5.74, 6) is -0.0810. The molecule has 3 nitrogen and oxygen atoms in total. The van der Waals surface area contributed by atoms with Crippen molar-refractivity contribution in [2.45, 2.75) is 57.0 Å². The van der Waals surface area contributed by atoms with Crippen LogP contribution in [0.2, 0.25) is 0 Å². The number of hydrogen-bond donors (Lipinski definition) is 2. The Hall–Kier alpha value is -0.570. The maximum Gasteiger partial charge on any atom is 0.323 e. The SMILES string of the molecule is CC1CC(NC2CCCC2)(C(=O)O)C1. The smallest absolute Gasteiger partial charge is 0.323 e. The third-order valence-electron chi connectivity index (χ3n) is 3.64. The minimum Gasteiger partial charge on any atom is -0.480 e. The maximum atomic E-state index is 11.2. The zero-order valence-corrected chi connectivity index (χ0v) is 8.75. The molecular weight excluding hydrogens is 178 g/mol. The number of carboxylic acids is 1. The molecule has 3 heteroatoms. The second-order valence-electron chi connectivity index (χ2n) is 5.03. The molecule has 2 saturated carbocycles. The van der Waals surface area contributed by atoms with E-state index in [4.69, 9.17) is 0 Å². The van der Waals surface area contributed by atoms with E-state index in [9.17, 15) is 9.90 Å². The normalized spacial score (nSPS) is 38.2. The average Bonchev–Trinajstić information content (AvgIpc) is 2.53. The van der Waals surface area contributed by atoms with Crippen LogP contribution in [0.5, 0.6) is 0 Å². The van der Waals surface area contributed by atoms with E-state index < -0.39 is 11.5 Å². The number of nitrogens with one attached hydrogen (secondary N) is 1. The van der Waals surface area contributed by atoms with Crippen molar-refractivity contribution in [2.75, 3.05) is 0 Å². The minimum absolute atomic E-state index is 0.457. The summed E-state index contributed by atoms with van der Waals surface area (Å²) in [5, 5.41) is 12.6. The molecule has 0 bridgehead atoms. The van der Waals surface area contributed by atoms with Crippen LogP contribution in [0.25, 0.3) is 0 Å². The molecule has 0 saturated heterocycles. The van der Waals surface area contributed by atoms with Gasteiger partial charge in [0.2, 0.25) is 0 Å². The first-order valence-corrected chi connectivity index (χ1v) is 5.63. The highest BCUT2D eigenvalue weighted by atomic mass is 16.4. The van der Waals surface area contributed by atoms with Gasteiger partial charge in [-0.25, -0.2) is 0 Å². The molecule has 0 heterocycles. The predicted octanol–water partition coefficient (Wildman–Crippen LogP) is 1.77. The second kappa shape index (κ2) is 3.54. The minimum atomic E-state index is -0.650. The van der Waals surface area contributed by atoms with Gasteiger partial charge in [-0.1, -0.05) is 19.8 Å². The quantitative estimate of drug-likeness (QED) is 0.725. The topological polar surface area (TPSA) is 49.3 Å². The van der Waals surface area contributed by atoms with Crippen LogP contribution in [-0.2, 0) is 4.79 Å². The third kappa shape index (κ3) is 1.65. The van der Waals surface area contributed by atoms with Gasteiger partial charge in [-0.2, -0.15) is 0 Å². The first kappa shape index (κ1) is 9.97. The average molecular weight is 197 g/mol. The van der Waals surface area contributed by atoms with Gasteiger partial charge in [0.25, 0.3) is 0 Å². The number of hydrogen-bond acceptors (Lipinski definition) is 2. The van der Waals surface area contributed by atoms with Crippen molar-refractivity contribution in [3.8, 4) is 0 Å². The van der Waals surface area contributed by atoms with Crippen LogP contribution < -0.4 is 5.32 Å². The highest BCUT2D eigenvalue weighted by Gasteiger charge is 2.49. The number of rotatable bonds is 3. The van der Waals surface area contributed by atoms with E-state index in [1.807, 2.05) is 0 Å². The van der Waals surface area contributed by atoms with Crippen molar-refractivity contribution in [3.63, 3.8) is 0 Å². The van der Waals surface area contributed by atoms with Crippen molar-refractivity contribution in [3.05, 3.63) is 0 Å². The second-order valence-corrected chi connectivity index (χ2v) is 5.03. The number of carboxylic acid groups (broad SMARTS) is 1. The Bertz CT molecular complexity index is 227. The molecular formula is C11H19NO2. The summed E-state index contributed by atoms with van der Waals surface area (Å²) in [7, 11) is 0. The van der Waals surface area contributed by atoms with E-state index >= 15 is 0 Å². The Balaban J connectivity index is 1.95. The van der Waals surface area contributed by atoms with Crippen LogP contribution in [0, 0.1) is 5.92 Å². The van der Waals surface area contributed by atoms with Crippen molar-refractivity contribution in [1.82, 2.24) is 5.32 Å².